The molecule has 0 spiro atoms. The molecule has 0 atom stereocenters. The Kier molecular flexibility index (Phi) is 9.55. The van der Waals surface area contributed by atoms with Crippen molar-refractivity contribution in [2.75, 3.05) is 32.2 Å². The molecule has 0 radical (unpaired) electrons. The molecule has 0 bridgehead atoms. The maximum atomic E-state index is 5.91. The van der Waals surface area contributed by atoms with E-state index in [4.69, 9.17) is 4.74 Å². The van der Waals surface area contributed by atoms with Gasteiger partial charge in [-0.05, 0) is 24.7 Å². The van der Waals surface area contributed by atoms with E-state index in [1.54, 1.807) is 7.05 Å². The van der Waals surface area contributed by atoms with Crippen molar-refractivity contribution >= 4 is 17.7 Å². The highest BCUT2D eigenvalue weighted by Gasteiger charge is 2.05. The predicted octanol–water partition coefficient (Wildman–Crippen LogP) is 3.14. The van der Waals surface area contributed by atoms with Crippen molar-refractivity contribution < 1.29 is 4.74 Å². The maximum absolute atomic E-state index is 5.91. The van der Waals surface area contributed by atoms with Crippen LogP contribution >= 0.6 is 11.8 Å². The second kappa shape index (κ2) is 11.2. The smallest absolute Gasteiger partial charge is 0.191 e. The number of benzene rings is 1. The zero-order valence-electron chi connectivity index (χ0n) is 14.2. The van der Waals surface area contributed by atoms with Crippen LogP contribution in [0.2, 0.25) is 0 Å². The molecule has 0 unspecified atom stereocenters. The Morgan fingerprint density at radius 1 is 1.27 bits per heavy atom. The molecule has 2 N–H and O–H groups in total. The molecule has 4 nitrogen and oxygen atoms in total. The quantitative estimate of drug-likeness (QED) is 0.416. The van der Waals surface area contributed by atoms with Gasteiger partial charge < -0.3 is 15.4 Å². The number of thioether (sulfide) groups is 1. The van der Waals surface area contributed by atoms with Gasteiger partial charge in [-0.15, -0.1) is 0 Å². The SMILES string of the molecule is CN=C(NCCSC)NCc1ccccc1OCCC(C)C. The number of rotatable bonds is 9. The molecule has 0 aliphatic rings. The number of hydrogen-bond donors (Lipinski definition) is 2. The van der Waals surface area contributed by atoms with E-state index in [0.29, 0.717) is 12.5 Å². The van der Waals surface area contributed by atoms with Crippen LogP contribution in [0.3, 0.4) is 0 Å². The second-order valence-corrected chi connectivity index (χ2v) is 6.47. The monoisotopic (exact) mass is 323 g/mol. The van der Waals surface area contributed by atoms with E-state index in [1.165, 1.54) is 0 Å². The van der Waals surface area contributed by atoms with E-state index in [9.17, 15) is 0 Å². The number of nitrogens with zero attached hydrogens (tertiary/aromatic N) is 1. The molecule has 5 heteroatoms. The zero-order chi connectivity index (χ0) is 16.2. The van der Waals surface area contributed by atoms with Crippen molar-refractivity contribution in [3.05, 3.63) is 29.8 Å². The lowest BCUT2D eigenvalue weighted by Crippen LogP contribution is -2.38. The minimum Gasteiger partial charge on any atom is -0.493 e. The van der Waals surface area contributed by atoms with E-state index in [-0.39, 0.29) is 0 Å². The van der Waals surface area contributed by atoms with E-state index in [1.807, 2.05) is 30.0 Å². The highest BCUT2D eigenvalue weighted by molar-refractivity contribution is 7.98. The van der Waals surface area contributed by atoms with Gasteiger partial charge in [-0.3, -0.25) is 4.99 Å². The third-order valence-corrected chi connectivity index (χ3v) is 3.81. The highest BCUT2D eigenvalue weighted by Crippen LogP contribution is 2.18. The highest BCUT2D eigenvalue weighted by atomic mass is 32.2. The average Bonchev–Trinajstić information content (AvgIpc) is 2.51. The second-order valence-electron chi connectivity index (χ2n) is 5.48. The minimum absolute atomic E-state index is 0.657. The summed E-state index contributed by atoms with van der Waals surface area (Å²) in [7, 11) is 1.79. The fourth-order valence-corrected chi connectivity index (χ4v) is 2.17. The van der Waals surface area contributed by atoms with Gasteiger partial charge in [0, 0.05) is 31.5 Å². The lowest BCUT2D eigenvalue weighted by atomic mass is 10.1. The first-order valence-electron chi connectivity index (χ1n) is 7.81. The molecule has 1 rings (SSSR count). The number of hydrogen-bond acceptors (Lipinski definition) is 3. The van der Waals surface area contributed by atoms with E-state index >= 15 is 0 Å². The van der Waals surface area contributed by atoms with E-state index in [2.05, 4.69) is 41.8 Å². The van der Waals surface area contributed by atoms with E-state index in [0.717, 1.165) is 42.6 Å². The van der Waals surface area contributed by atoms with Crippen molar-refractivity contribution in [1.82, 2.24) is 10.6 Å². The van der Waals surface area contributed by atoms with Gasteiger partial charge in [0.2, 0.25) is 0 Å². The summed E-state index contributed by atoms with van der Waals surface area (Å²) in [6.45, 7) is 6.79. The molecule has 1 aromatic rings. The molecule has 0 fully saturated rings. The van der Waals surface area contributed by atoms with Gasteiger partial charge in [-0.2, -0.15) is 11.8 Å². The van der Waals surface area contributed by atoms with E-state index < -0.39 is 0 Å². The third kappa shape index (κ3) is 7.59. The van der Waals surface area contributed by atoms with Crippen LogP contribution in [0.5, 0.6) is 5.75 Å². The van der Waals surface area contributed by atoms with Crippen molar-refractivity contribution in [2.45, 2.75) is 26.8 Å². The van der Waals surface area contributed by atoms with Crippen molar-refractivity contribution in [3.8, 4) is 5.75 Å². The molecule has 0 aromatic heterocycles. The van der Waals surface area contributed by atoms with Gasteiger partial charge in [0.25, 0.3) is 0 Å². The summed E-state index contributed by atoms with van der Waals surface area (Å²) in [5.74, 6) is 3.50. The Bertz CT molecular complexity index is 449. The fraction of sp³-hybridized carbons (Fsp3) is 0.588. The Labute approximate surface area is 139 Å². The Morgan fingerprint density at radius 3 is 2.73 bits per heavy atom. The Balaban J connectivity index is 2.50. The number of para-hydroxylation sites is 1. The van der Waals surface area contributed by atoms with Crippen LogP contribution in [0.4, 0.5) is 0 Å². The number of aliphatic imine (C=N–C) groups is 1. The largest absolute Gasteiger partial charge is 0.493 e. The van der Waals surface area contributed by atoms with Crippen LogP contribution in [-0.2, 0) is 6.54 Å². The molecule has 0 saturated carbocycles. The van der Waals surface area contributed by atoms with Crippen LogP contribution in [0.25, 0.3) is 0 Å². The molecular weight excluding hydrogens is 294 g/mol. The molecule has 1 aromatic carbocycles. The van der Waals surface area contributed by atoms with Crippen LogP contribution in [0, 0.1) is 5.92 Å². The standard InChI is InChI=1S/C17H29N3OS/c1-14(2)9-11-21-16-8-6-5-7-15(16)13-20-17(18-3)19-10-12-22-4/h5-8,14H,9-13H2,1-4H3,(H2,18,19,20). The van der Waals surface area contributed by atoms with Gasteiger partial charge in [-0.25, -0.2) is 0 Å². The summed E-state index contributed by atoms with van der Waals surface area (Å²) >= 11 is 1.82. The normalized spacial score (nSPS) is 11.6. The minimum atomic E-state index is 0.657. The summed E-state index contributed by atoms with van der Waals surface area (Å²) in [5, 5.41) is 6.63. The first kappa shape index (κ1) is 18.7. The molecule has 0 aliphatic heterocycles. The molecule has 0 saturated heterocycles. The summed E-state index contributed by atoms with van der Waals surface area (Å²) in [6, 6.07) is 8.17. The summed E-state index contributed by atoms with van der Waals surface area (Å²) in [4.78, 5) is 4.23. The Hall–Kier alpha value is -1.36. The summed E-state index contributed by atoms with van der Waals surface area (Å²) in [5.41, 5.74) is 1.15. The maximum Gasteiger partial charge on any atom is 0.191 e. The molecule has 22 heavy (non-hydrogen) atoms. The molecular formula is C17H29N3OS. The van der Waals surface area contributed by atoms with Gasteiger partial charge in [0.05, 0.1) is 6.61 Å². The molecule has 124 valence electrons. The molecule has 0 aliphatic carbocycles. The van der Waals surface area contributed by atoms with Crippen LogP contribution < -0.4 is 15.4 Å². The zero-order valence-corrected chi connectivity index (χ0v) is 15.0. The van der Waals surface area contributed by atoms with Crippen LogP contribution in [0.1, 0.15) is 25.8 Å². The number of ether oxygens (including phenoxy) is 1. The lowest BCUT2D eigenvalue weighted by molar-refractivity contribution is 0.286. The topological polar surface area (TPSA) is 45.7 Å². The number of guanidine groups is 1. The molecule has 0 amide bonds. The average molecular weight is 324 g/mol. The predicted molar refractivity (Wildman–Crippen MR) is 98.0 cm³/mol. The van der Waals surface area contributed by atoms with Gasteiger partial charge >= 0.3 is 0 Å². The first-order valence-corrected chi connectivity index (χ1v) is 9.21. The Morgan fingerprint density at radius 2 is 2.05 bits per heavy atom. The number of nitrogens with one attached hydrogen (secondary N) is 2. The fourth-order valence-electron chi connectivity index (χ4n) is 1.87. The van der Waals surface area contributed by atoms with Crippen LogP contribution in [-0.4, -0.2) is 38.2 Å². The van der Waals surface area contributed by atoms with Crippen molar-refractivity contribution in [2.24, 2.45) is 10.9 Å². The van der Waals surface area contributed by atoms with Crippen molar-refractivity contribution in [3.63, 3.8) is 0 Å². The van der Waals surface area contributed by atoms with Gasteiger partial charge in [0.1, 0.15) is 5.75 Å². The lowest BCUT2D eigenvalue weighted by Gasteiger charge is -2.15. The van der Waals surface area contributed by atoms with Crippen molar-refractivity contribution in [1.29, 1.82) is 0 Å². The summed E-state index contributed by atoms with van der Waals surface area (Å²) in [6.07, 6.45) is 3.17. The first-order chi connectivity index (χ1) is 10.7. The third-order valence-electron chi connectivity index (χ3n) is 3.19. The summed E-state index contributed by atoms with van der Waals surface area (Å²) < 4.78 is 5.91. The molecule has 0 heterocycles. The van der Waals surface area contributed by atoms with Crippen LogP contribution in [0.15, 0.2) is 29.3 Å². The van der Waals surface area contributed by atoms with Gasteiger partial charge in [-0.1, -0.05) is 32.0 Å². The van der Waals surface area contributed by atoms with Gasteiger partial charge in [0.15, 0.2) is 5.96 Å².